The van der Waals surface area contributed by atoms with Gasteiger partial charge in [0.2, 0.25) is 10.0 Å². The van der Waals surface area contributed by atoms with Gasteiger partial charge in [-0.05, 0) is 24.3 Å². The molecule has 2 N–H and O–H groups in total. The number of furan rings is 1. The molecule has 0 unspecified atom stereocenters. The van der Waals surface area contributed by atoms with Gasteiger partial charge >= 0.3 is 0 Å². The Morgan fingerprint density at radius 1 is 1.33 bits per heavy atom. The van der Waals surface area contributed by atoms with Crippen molar-refractivity contribution in [1.82, 2.24) is 4.72 Å². The molecule has 0 bridgehead atoms. The lowest BCUT2D eigenvalue weighted by Crippen LogP contribution is -2.23. The van der Waals surface area contributed by atoms with Crippen LogP contribution in [0.1, 0.15) is 5.76 Å². The summed E-state index contributed by atoms with van der Waals surface area (Å²) in [6, 6.07) is 6.91. The normalized spacial score (nSPS) is 11.3. The first-order valence-electron chi connectivity index (χ1n) is 5.92. The second-order valence-corrected chi connectivity index (χ2v) is 5.86. The van der Waals surface area contributed by atoms with Crippen molar-refractivity contribution in [2.75, 3.05) is 12.4 Å². The van der Waals surface area contributed by atoms with Gasteiger partial charge in [-0.15, -0.1) is 0 Å². The van der Waals surface area contributed by atoms with E-state index in [0.717, 1.165) is 6.07 Å². The zero-order valence-corrected chi connectivity index (χ0v) is 11.9. The summed E-state index contributed by atoms with van der Waals surface area (Å²) in [6.07, 6.45) is 1.43. The van der Waals surface area contributed by atoms with E-state index in [0.29, 0.717) is 5.76 Å². The lowest BCUT2D eigenvalue weighted by molar-refractivity contribution is -0.384. The molecule has 0 spiro atoms. The highest BCUT2D eigenvalue weighted by Gasteiger charge is 2.21. The van der Waals surface area contributed by atoms with Crippen molar-refractivity contribution < 1.29 is 17.8 Å². The highest BCUT2D eigenvalue weighted by molar-refractivity contribution is 7.89. The topological polar surface area (TPSA) is 114 Å². The molecule has 0 radical (unpaired) electrons. The molecule has 2 rings (SSSR count). The smallest absolute Gasteiger partial charge is 0.293 e. The van der Waals surface area contributed by atoms with Gasteiger partial charge < -0.3 is 9.73 Å². The van der Waals surface area contributed by atoms with Crippen molar-refractivity contribution in [3.8, 4) is 0 Å². The van der Waals surface area contributed by atoms with Gasteiger partial charge in [-0.2, -0.15) is 0 Å². The van der Waals surface area contributed by atoms with E-state index in [4.69, 9.17) is 4.42 Å². The standard InChI is InChI=1S/C12H13N3O5S/c1-13-11-5-4-10(7-12(11)15(16)17)21(18,19)14-8-9-3-2-6-20-9/h2-7,13-14H,8H2,1H3. The van der Waals surface area contributed by atoms with Crippen LogP contribution in [0.5, 0.6) is 0 Å². The van der Waals surface area contributed by atoms with Gasteiger partial charge in [0, 0.05) is 13.1 Å². The van der Waals surface area contributed by atoms with Gasteiger partial charge in [-0.3, -0.25) is 10.1 Å². The number of hydrogen-bond acceptors (Lipinski definition) is 6. The molecule has 2 aromatic rings. The molecule has 0 saturated carbocycles. The van der Waals surface area contributed by atoms with Crippen LogP contribution in [0.15, 0.2) is 45.9 Å². The van der Waals surface area contributed by atoms with Gasteiger partial charge in [-0.1, -0.05) is 0 Å². The molecule has 0 aliphatic heterocycles. The van der Waals surface area contributed by atoms with Crippen LogP contribution in [0.2, 0.25) is 0 Å². The molecule has 0 amide bonds. The number of rotatable bonds is 6. The van der Waals surface area contributed by atoms with Crippen molar-refractivity contribution in [2.24, 2.45) is 0 Å². The van der Waals surface area contributed by atoms with Crippen LogP contribution in [0.25, 0.3) is 0 Å². The fourth-order valence-corrected chi connectivity index (χ4v) is 2.72. The van der Waals surface area contributed by atoms with Crippen LogP contribution in [0, 0.1) is 10.1 Å². The molecule has 112 valence electrons. The summed E-state index contributed by atoms with van der Waals surface area (Å²) in [6.45, 7) is -0.0308. The Kier molecular flexibility index (Phi) is 4.24. The lowest BCUT2D eigenvalue weighted by atomic mass is 10.3. The molecule has 1 aromatic heterocycles. The van der Waals surface area contributed by atoms with E-state index < -0.39 is 14.9 Å². The molecule has 21 heavy (non-hydrogen) atoms. The number of nitro groups is 1. The average molecular weight is 311 g/mol. The molecule has 0 atom stereocenters. The Morgan fingerprint density at radius 2 is 2.10 bits per heavy atom. The van der Waals surface area contributed by atoms with Crippen molar-refractivity contribution >= 4 is 21.4 Å². The molecule has 0 saturated heterocycles. The lowest BCUT2D eigenvalue weighted by Gasteiger charge is -2.07. The predicted octanol–water partition coefficient (Wildman–Crippen LogP) is 1.71. The fraction of sp³-hybridized carbons (Fsp3) is 0.167. The molecular weight excluding hydrogens is 298 g/mol. The number of nitrogens with zero attached hydrogens (tertiary/aromatic N) is 1. The largest absolute Gasteiger partial charge is 0.468 e. The Morgan fingerprint density at radius 3 is 2.67 bits per heavy atom. The molecule has 0 fully saturated rings. The zero-order valence-electron chi connectivity index (χ0n) is 11.1. The predicted molar refractivity (Wildman–Crippen MR) is 75.4 cm³/mol. The monoisotopic (exact) mass is 311 g/mol. The third-order valence-corrected chi connectivity index (χ3v) is 4.16. The van der Waals surface area contributed by atoms with E-state index in [1.54, 1.807) is 12.1 Å². The third kappa shape index (κ3) is 3.38. The van der Waals surface area contributed by atoms with E-state index in [1.165, 1.54) is 25.4 Å². The summed E-state index contributed by atoms with van der Waals surface area (Å²) in [4.78, 5) is 10.1. The first-order chi connectivity index (χ1) is 9.94. The van der Waals surface area contributed by atoms with E-state index in [9.17, 15) is 18.5 Å². The summed E-state index contributed by atoms with van der Waals surface area (Å²) in [5.74, 6) is 0.444. The maximum atomic E-state index is 12.1. The molecular formula is C12H13N3O5S. The number of nitro benzene ring substituents is 1. The van der Waals surface area contributed by atoms with Crippen LogP contribution >= 0.6 is 0 Å². The first kappa shape index (κ1) is 15.0. The second kappa shape index (κ2) is 5.94. The molecule has 0 aliphatic rings. The summed E-state index contributed by atoms with van der Waals surface area (Å²) in [5.41, 5.74) is -0.0663. The van der Waals surface area contributed by atoms with Crippen molar-refractivity contribution in [3.05, 3.63) is 52.5 Å². The molecule has 1 aromatic carbocycles. The zero-order chi connectivity index (χ0) is 15.5. The minimum atomic E-state index is -3.86. The number of sulfonamides is 1. The van der Waals surface area contributed by atoms with E-state index in [-0.39, 0.29) is 22.8 Å². The van der Waals surface area contributed by atoms with Crippen LogP contribution < -0.4 is 10.0 Å². The molecule has 8 nitrogen and oxygen atoms in total. The number of nitrogens with one attached hydrogen (secondary N) is 2. The van der Waals surface area contributed by atoms with Gasteiger partial charge in [-0.25, -0.2) is 13.1 Å². The van der Waals surface area contributed by atoms with Crippen molar-refractivity contribution in [3.63, 3.8) is 0 Å². The second-order valence-electron chi connectivity index (χ2n) is 4.09. The minimum absolute atomic E-state index is 0.0308. The van der Waals surface area contributed by atoms with Gasteiger partial charge in [0.05, 0.1) is 22.6 Å². The Balaban J connectivity index is 2.27. The summed E-state index contributed by atoms with van der Waals surface area (Å²) >= 11 is 0. The first-order valence-corrected chi connectivity index (χ1v) is 7.40. The average Bonchev–Trinajstić information content (AvgIpc) is 2.97. The van der Waals surface area contributed by atoms with E-state index in [1.807, 2.05) is 0 Å². The summed E-state index contributed by atoms with van der Waals surface area (Å²) in [7, 11) is -2.34. The minimum Gasteiger partial charge on any atom is -0.468 e. The molecule has 1 heterocycles. The Bertz CT molecular complexity index is 740. The maximum Gasteiger partial charge on any atom is 0.293 e. The number of benzene rings is 1. The number of anilines is 1. The van der Waals surface area contributed by atoms with Crippen LogP contribution in [-0.4, -0.2) is 20.4 Å². The summed E-state index contributed by atoms with van der Waals surface area (Å²) < 4.78 is 31.5. The quantitative estimate of drug-likeness (QED) is 0.620. The fourth-order valence-electron chi connectivity index (χ4n) is 1.70. The van der Waals surface area contributed by atoms with Crippen LogP contribution in [0.3, 0.4) is 0 Å². The Labute approximate surface area is 121 Å². The SMILES string of the molecule is CNc1ccc(S(=O)(=O)NCc2ccco2)cc1[N+](=O)[O-]. The van der Waals surface area contributed by atoms with Crippen molar-refractivity contribution in [1.29, 1.82) is 0 Å². The highest BCUT2D eigenvalue weighted by atomic mass is 32.2. The summed E-state index contributed by atoms with van der Waals surface area (Å²) in [5, 5.41) is 13.6. The van der Waals surface area contributed by atoms with E-state index >= 15 is 0 Å². The third-order valence-electron chi connectivity index (χ3n) is 2.76. The molecule has 9 heteroatoms. The van der Waals surface area contributed by atoms with Gasteiger partial charge in [0.1, 0.15) is 11.4 Å². The number of hydrogen-bond donors (Lipinski definition) is 2. The molecule has 0 aliphatic carbocycles. The van der Waals surface area contributed by atoms with E-state index in [2.05, 4.69) is 10.0 Å². The highest BCUT2D eigenvalue weighted by Crippen LogP contribution is 2.27. The maximum absolute atomic E-state index is 12.1. The van der Waals surface area contributed by atoms with Gasteiger partial charge in [0.15, 0.2) is 0 Å². The van der Waals surface area contributed by atoms with Gasteiger partial charge in [0.25, 0.3) is 5.69 Å². The van der Waals surface area contributed by atoms with Crippen LogP contribution in [0.4, 0.5) is 11.4 Å². The Hall–Kier alpha value is -2.39. The van der Waals surface area contributed by atoms with Crippen LogP contribution in [-0.2, 0) is 16.6 Å². The van der Waals surface area contributed by atoms with Crippen molar-refractivity contribution in [2.45, 2.75) is 11.4 Å².